The number of hydrogen-bond donors (Lipinski definition) is 5. The lowest BCUT2D eigenvalue weighted by atomic mass is 10.0. The molecule has 0 aliphatic heterocycles. The Bertz CT molecular complexity index is 1250. The molecule has 0 spiro atoms. The number of aryl methyl sites for hydroxylation is 1. The highest BCUT2D eigenvalue weighted by Crippen LogP contribution is 2.33. The molecule has 45 heavy (non-hydrogen) atoms. The molecule has 2 aromatic carbocycles. The van der Waals surface area contributed by atoms with Gasteiger partial charge in [0.15, 0.2) is 0 Å². The van der Waals surface area contributed by atoms with Crippen LogP contribution in [-0.4, -0.2) is 65.8 Å². The maximum absolute atomic E-state index is 13.5. The molecule has 2 aromatic rings. The minimum atomic E-state index is -1.07. The number of hydrogen-bond acceptors (Lipinski definition) is 6. The molecule has 5 N–H and O–H groups in total. The van der Waals surface area contributed by atoms with E-state index in [-0.39, 0.29) is 31.2 Å². The summed E-state index contributed by atoms with van der Waals surface area (Å²) in [6.07, 6.45) is 3.40. The fourth-order valence-electron chi connectivity index (χ4n) is 4.89. The van der Waals surface area contributed by atoms with E-state index in [4.69, 9.17) is 4.74 Å². The van der Waals surface area contributed by atoms with E-state index >= 15 is 0 Å². The molecule has 0 saturated heterocycles. The van der Waals surface area contributed by atoms with Crippen molar-refractivity contribution in [1.82, 2.24) is 21.3 Å². The number of alkyl carbamates (subject to hydrolysis) is 1. The Labute approximate surface area is 264 Å². The van der Waals surface area contributed by atoms with Gasteiger partial charge >= 0.3 is 12.1 Å². The normalized spacial score (nSPS) is 14.9. The summed E-state index contributed by atoms with van der Waals surface area (Å²) in [7, 11) is 0. The zero-order valence-corrected chi connectivity index (χ0v) is 26.4. The molecular weight excluding hydrogens is 579 g/mol. The molecule has 3 amide bonds. The fraction of sp³-hybridized carbons (Fsp3) is 0.529. The Morgan fingerprint density at radius 2 is 1.62 bits per heavy atom. The Hall–Kier alpha value is -3.99. The lowest BCUT2D eigenvalue weighted by molar-refractivity contribution is -0.138. The van der Waals surface area contributed by atoms with Crippen LogP contribution >= 0.6 is 0 Å². The van der Waals surface area contributed by atoms with Gasteiger partial charge in [0.25, 0.3) is 0 Å². The largest absolute Gasteiger partial charge is 0.481 e. The summed E-state index contributed by atoms with van der Waals surface area (Å²) in [5.74, 6) is -1.86. The van der Waals surface area contributed by atoms with Crippen molar-refractivity contribution in [1.29, 1.82) is 0 Å². The van der Waals surface area contributed by atoms with Gasteiger partial charge in [0.2, 0.25) is 11.8 Å². The predicted molar refractivity (Wildman–Crippen MR) is 169 cm³/mol. The predicted octanol–water partition coefficient (Wildman–Crippen LogP) is 4.12. The Kier molecular flexibility index (Phi) is 13.8. The zero-order valence-electron chi connectivity index (χ0n) is 26.4. The van der Waals surface area contributed by atoms with E-state index < -0.39 is 41.6 Å². The van der Waals surface area contributed by atoms with Crippen LogP contribution in [-0.2, 0) is 32.0 Å². The lowest BCUT2D eigenvalue weighted by Gasteiger charge is -2.27. The van der Waals surface area contributed by atoms with Gasteiger partial charge in [-0.1, -0.05) is 55.3 Å². The van der Waals surface area contributed by atoms with Crippen LogP contribution in [0.1, 0.15) is 70.4 Å². The topological polar surface area (TPSA) is 146 Å². The van der Waals surface area contributed by atoms with Crippen LogP contribution in [0.25, 0.3) is 0 Å². The second-order valence-corrected chi connectivity index (χ2v) is 12.7. The number of carbonyl (C=O) groups is 4. The molecule has 1 aliphatic rings. The number of carboxylic acids is 1. The molecule has 1 saturated carbocycles. The first kappa shape index (κ1) is 35.5. The SMILES string of the molecule is CC(C)(C)OC(=O)N[C@H](CN[C@@H](CC1CC1)C(=O)N[C@@H](CCC(=O)O)C(=O)NCCCc1ccc(F)cc1)Cc1ccccc1. The number of carboxylic acid groups (broad SMARTS) is 1. The molecule has 10 nitrogen and oxygen atoms in total. The Morgan fingerprint density at radius 1 is 0.933 bits per heavy atom. The molecule has 0 aromatic heterocycles. The van der Waals surface area contributed by atoms with E-state index in [1.54, 1.807) is 32.9 Å². The van der Waals surface area contributed by atoms with Crippen LogP contribution in [0.4, 0.5) is 9.18 Å². The molecule has 0 bridgehead atoms. The number of carbonyl (C=O) groups excluding carboxylic acids is 3. The van der Waals surface area contributed by atoms with E-state index in [1.807, 2.05) is 30.3 Å². The third-order valence-electron chi connectivity index (χ3n) is 7.37. The Balaban J connectivity index is 1.62. The lowest BCUT2D eigenvalue weighted by Crippen LogP contribution is -2.55. The third-order valence-corrected chi connectivity index (χ3v) is 7.37. The van der Waals surface area contributed by atoms with Gasteiger partial charge in [-0.3, -0.25) is 14.4 Å². The average molecular weight is 627 g/mol. The summed E-state index contributed by atoms with van der Waals surface area (Å²) in [6.45, 7) is 5.95. The first-order valence-corrected chi connectivity index (χ1v) is 15.7. The van der Waals surface area contributed by atoms with E-state index in [1.165, 1.54) is 12.1 Å². The van der Waals surface area contributed by atoms with Gasteiger partial charge in [-0.25, -0.2) is 9.18 Å². The molecular formula is C34H47FN4O6. The van der Waals surface area contributed by atoms with E-state index in [0.29, 0.717) is 38.1 Å². The van der Waals surface area contributed by atoms with Crippen LogP contribution in [0.3, 0.4) is 0 Å². The zero-order chi connectivity index (χ0) is 32.8. The molecule has 1 aliphatic carbocycles. The van der Waals surface area contributed by atoms with Gasteiger partial charge in [0.1, 0.15) is 17.5 Å². The summed E-state index contributed by atoms with van der Waals surface area (Å²) >= 11 is 0. The number of halogens is 1. The standard InChI is InChI=1S/C34H47FN4O6/c1-34(2,3)45-33(44)38-27(20-24-8-5-4-6-9-24)22-37-29(21-25-11-12-25)32(43)39-28(17-18-30(40)41)31(42)36-19-7-10-23-13-15-26(35)16-14-23/h4-6,8-9,13-16,25,27-29,37H,7,10-12,17-22H2,1-3H3,(H,36,42)(H,38,44)(H,39,43)(H,40,41)/t27-,28-,29-/m0/s1. The van der Waals surface area contributed by atoms with Gasteiger partial charge < -0.3 is 31.1 Å². The maximum Gasteiger partial charge on any atom is 0.407 e. The van der Waals surface area contributed by atoms with Crippen LogP contribution in [0, 0.1) is 11.7 Å². The monoisotopic (exact) mass is 626 g/mol. The van der Waals surface area contributed by atoms with Crippen molar-refractivity contribution >= 4 is 23.9 Å². The van der Waals surface area contributed by atoms with Gasteiger partial charge in [-0.05, 0) is 82.1 Å². The molecule has 0 unspecified atom stereocenters. The number of benzene rings is 2. The minimum absolute atomic E-state index is 0.0577. The van der Waals surface area contributed by atoms with Gasteiger partial charge in [0.05, 0.1) is 6.04 Å². The summed E-state index contributed by atoms with van der Waals surface area (Å²) < 4.78 is 18.6. The highest BCUT2D eigenvalue weighted by Gasteiger charge is 2.32. The van der Waals surface area contributed by atoms with E-state index in [0.717, 1.165) is 24.0 Å². The van der Waals surface area contributed by atoms with Crippen molar-refractivity contribution in [2.24, 2.45) is 5.92 Å². The van der Waals surface area contributed by atoms with Crippen molar-refractivity contribution in [3.63, 3.8) is 0 Å². The summed E-state index contributed by atoms with van der Waals surface area (Å²) in [5, 5.41) is 21.1. The second kappa shape index (κ2) is 17.5. The van der Waals surface area contributed by atoms with Crippen LogP contribution in [0.15, 0.2) is 54.6 Å². The second-order valence-electron chi connectivity index (χ2n) is 12.7. The van der Waals surface area contributed by atoms with Crippen LogP contribution < -0.4 is 21.3 Å². The smallest absolute Gasteiger partial charge is 0.407 e. The van der Waals surface area contributed by atoms with Crippen LogP contribution in [0.2, 0.25) is 0 Å². The molecule has 246 valence electrons. The summed E-state index contributed by atoms with van der Waals surface area (Å²) in [6, 6.07) is 13.8. The molecule has 3 rings (SSSR count). The quantitative estimate of drug-likeness (QED) is 0.157. The third kappa shape index (κ3) is 14.6. The number of amides is 3. The van der Waals surface area contributed by atoms with Crippen molar-refractivity contribution in [3.05, 3.63) is 71.5 Å². The fourth-order valence-corrected chi connectivity index (χ4v) is 4.89. The number of nitrogens with one attached hydrogen (secondary N) is 4. The molecule has 0 radical (unpaired) electrons. The van der Waals surface area contributed by atoms with Crippen molar-refractivity contribution in [2.75, 3.05) is 13.1 Å². The number of ether oxygens (including phenoxy) is 1. The van der Waals surface area contributed by atoms with Gasteiger partial charge in [0, 0.05) is 25.6 Å². The van der Waals surface area contributed by atoms with Crippen molar-refractivity contribution < 1.29 is 33.4 Å². The first-order chi connectivity index (χ1) is 21.4. The maximum atomic E-state index is 13.5. The summed E-state index contributed by atoms with van der Waals surface area (Å²) in [5.41, 5.74) is 1.27. The Morgan fingerprint density at radius 3 is 2.24 bits per heavy atom. The van der Waals surface area contributed by atoms with Gasteiger partial charge in [-0.2, -0.15) is 0 Å². The number of aliphatic carboxylic acids is 1. The van der Waals surface area contributed by atoms with Crippen LogP contribution in [0.5, 0.6) is 0 Å². The van der Waals surface area contributed by atoms with Crippen molar-refractivity contribution in [3.8, 4) is 0 Å². The molecule has 11 heteroatoms. The molecule has 3 atom stereocenters. The minimum Gasteiger partial charge on any atom is -0.481 e. The van der Waals surface area contributed by atoms with Gasteiger partial charge in [-0.15, -0.1) is 0 Å². The van der Waals surface area contributed by atoms with E-state index in [2.05, 4.69) is 21.3 Å². The highest BCUT2D eigenvalue weighted by atomic mass is 19.1. The number of rotatable bonds is 18. The molecule has 1 fully saturated rings. The average Bonchev–Trinajstić information content (AvgIpc) is 3.79. The summed E-state index contributed by atoms with van der Waals surface area (Å²) in [4.78, 5) is 50.5. The highest BCUT2D eigenvalue weighted by molar-refractivity contribution is 5.90. The molecule has 0 heterocycles. The van der Waals surface area contributed by atoms with Crippen molar-refractivity contribution in [2.45, 2.75) is 95.9 Å². The first-order valence-electron chi connectivity index (χ1n) is 15.7. The van der Waals surface area contributed by atoms with E-state index in [9.17, 15) is 28.7 Å².